The third-order valence-corrected chi connectivity index (χ3v) is 6.85. The quantitative estimate of drug-likeness (QED) is 0.803. The van der Waals surface area contributed by atoms with E-state index in [2.05, 4.69) is 21.4 Å². The van der Waals surface area contributed by atoms with Gasteiger partial charge in [-0.15, -0.1) is 0 Å². The standard InChI is InChI=1S/C23H33N5O3/c1-4-28-16(2)24-19-15-18(5-6-20(19)28)23(31)27-9-7-21(22(30)8-10-27)26-13-11-25(12-14-26)17(3)29/h5-6,15,21-22,30H,4,7-14H2,1-3H3/t21-,22-/m0/s1. The number of carbonyl (C=O) groups excluding carboxylic acids is 2. The lowest BCUT2D eigenvalue weighted by Crippen LogP contribution is -2.54. The van der Waals surface area contributed by atoms with Gasteiger partial charge >= 0.3 is 0 Å². The van der Waals surface area contributed by atoms with Crippen molar-refractivity contribution >= 4 is 22.8 Å². The molecule has 2 saturated heterocycles. The van der Waals surface area contributed by atoms with Crippen LogP contribution in [0, 0.1) is 6.92 Å². The van der Waals surface area contributed by atoms with Crippen LogP contribution in [0.1, 0.15) is 42.9 Å². The summed E-state index contributed by atoms with van der Waals surface area (Å²) in [5.74, 6) is 1.06. The molecular weight excluding hydrogens is 394 g/mol. The van der Waals surface area contributed by atoms with E-state index in [1.807, 2.05) is 34.9 Å². The van der Waals surface area contributed by atoms with Crippen LogP contribution in [0.2, 0.25) is 0 Å². The van der Waals surface area contributed by atoms with Gasteiger partial charge in [-0.05, 0) is 44.9 Å². The van der Waals surface area contributed by atoms with Crippen molar-refractivity contribution in [2.45, 2.75) is 52.3 Å². The first-order valence-electron chi connectivity index (χ1n) is 11.3. The Morgan fingerprint density at radius 2 is 1.77 bits per heavy atom. The van der Waals surface area contributed by atoms with Gasteiger partial charge in [0.1, 0.15) is 5.82 Å². The first kappa shape index (κ1) is 21.8. The van der Waals surface area contributed by atoms with Crippen molar-refractivity contribution in [2.24, 2.45) is 0 Å². The molecule has 1 N–H and O–H groups in total. The second-order valence-corrected chi connectivity index (χ2v) is 8.65. The third kappa shape index (κ3) is 4.32. The maximum absolute atomic E-state index is 13.2. The number of fused-ring (bicyclic) bond motifs is 1. The number of hydrogen-bond acceptors (Lipinski definition) is 5. The smallest absolute Gasteiger partial charge is 0.253 e. The number of aliphatic hydroxyl groups is 1. The second-order valence-electron chi connectivity index (χ2n) is 8.65. The van der Waals surface area contributed by atoms with Gasteiger partial charge in [0.25, 0.3) is 5.91 Å². The molecule has 1 aromatic carbocycles. The summed E-state index contributed by atoms with van der Waals surface area (Å²) < 4.78 is 2.14. The molecule has 3 heterocycles. The molecule has 2 amide bonds. The van der Waals surface area contributed by atoms with Gasteiger partial charge in [0.15, 0.2) is 0 Å². The number of aryl methyl sites for hydroxylation is 2. The summed E-state index contributed by atoms with van der Waals surface area (Å²) in [6.07, 6.45) is 0.834. The third-order valence-electron chi connectivity index (χ3n) is 6.85. The highest BCUT2D eigenvalue weighted by Crippen LogP contribution is 2.23. The van der Waals surface area contributed by atoms with E-state index >= 15 is 0 Å². The monoisotopic (exact) mass is 427 g/mol. The molecule has 0 unspecified atom stereocenters. The summed E-state index contributed by atoms with van der Waals surface area (Å²) in [7, 11) is 0. The Hall–Kier alpha value is -2.45. The first-order chi connectivity index (χ1) is 14.9. The highest BCUT2D eigenvalue weighted by atomic mass is 16.3. The Morgan fingerprint density at radius 1 is 1.06 bits per heavy atom. The van der Waals surface area contributed by atoms with Gasteiger partial charge in [0.2, 0.25) is 5.91 Å². The predicted octanol–water partition coefficient (Wildman–Crippen LogP) is 1.49. The number of aromatic nitrogens is 2. The Morgan fingerprint density at radius 3 is 2.45 bits per heavy atom. The van der Waals surface area contributed by atoms with Gasteiger partial charge in [-0.1, -0.05) is 0 Å². The topological polar surface area (TPSA) is 81.9 Å². The molecule has 1 aromatic heterocycles. The number of aliphatic hydroxyl groups excluding tert-OH is 1. The van der Waals surface area contributed by atoms with Crippen LogP contribution in [-0.2, 0) is 11.3 Å². The molecule has 168 valence electrons. The zero-order chi connectivity index (χ0) is 22.1. The van der Waals surface area contributed by atoms with Crippen LogP contribution in [0.4, 0.5) is 0 Å². The van der Waals surface area contributed by atoms with E-state index in [0.717, 1.165) is 42.9 Å². The zero-order valence-corrected chi connectivity index (χ0v) is 18.8. The van der Waals surface area contributed by atoms with Gasteiger partial charge in [-0.25, -0.2) is 4.98 Å². The Labute approximate surface area is 183 Å². The molecule has 0 radical (unpaired) electrons. The number of piperazine rings is 1. The molecular formula is C23H33N5O3. The van der Waals surface area contributed by atoms with Crippen molar-refractivity contribution < 1.29 is 14.7 Å². The number of imidazole rings is 1. The molecule has 2 aromatic rings. The molecule has 4 rings (SSSR count). The molecule has 2 aliphatic heterocycles. The van der Waals surface area contributed by atoms with E-state index in [1.165, 1.54) is 0 Å². The lowest BCUT2D eigenvalue weighted by Gasteiger charge is -2.40. The molecule has 2 fully saturated rings. The molecule has 2 aliphatic rings. The average molecular weight is 428 g/mol. The first-order valence-corrected chi connectivity index (χ1v) is 11.3. The van der Waals surface area contributed by atoms with Crippen molar-refractivity contribution in [3.63, 3.8) is 0 Å². The molecule has 0 aliphatic carbocycles. The van der Waals surface area contributed by atoms with Gasteiger partial charge in [0, 0.05) is 64.3 Å². The number of carbonyl (C=O) groups is 2. The van der Waals surface area contributed by atoms with Crippen LogP contribution >= 0.6 is 0 Å². The fourth-order valence-electron chi connectivity index (χ4n) is 5.04. The minimum absolute atomic E-state index is 0.000138. The summed E-state index contributed by atoms with van der Waals surface area (Å²) in [5.41, 5.74) is 2.55. The van der Waals surface area contributed by atoms with E-state index in [9.17, 15) is 14.7 Å². The SMILES string of the molecule is CCn1c(C)nc2cc(C(=O)N3CC[C@H](O)[C@@H](N4CCN(C(C)=O)CC4)CC3)ccc21. The van der Waals surface area contributed by atoms with Gasteiger partial charge in [0.05, 0.1) is 17.1 Å². The molecule has 0 saturated carbocycles. The van der Waals surface area contributed by atoms with Crippen molar-refractivity contribution in [2.75, 3.05) is 39.3 Å². The van der Waals surface area contributed by atoms with Crippen LogP contribution in [0.5, 0.6) is 0 Å². The second kappa shape index (κ2) is 8.96. The van der Waals surface area contributed by atoms with Crippen LogP contribution in [-0.4, -0.2) is 92.6 Å². The van der Waals surface area contributed by atoms with Crippen molar-refractivity contribution in [1.29, 1.82) is 0 Å². The summed E-state index contributed by atoms with van der Waals surface area (Å²) >= 11 is 0. The zero-order valence-electron chi connectivity index (χ0n) is 18.8. The van der Waals surface area contributed by atoms with E-state index in [4.69, 9.17) is 0 Å². The molecule has 0 spiro atoms. The van der Waals surface area contributed by atoms with E-state index in [0.29, 0.717) is 38.2 Å². The van der Waals surface area contributed by atoms with Crippen LogP contribution in [0.3, 0.4) is 0 Å². The average Bonchev–Trinajstić information content (AvgIpc) is 2.96. The number of likely N-dealkylation sites (tertiary alicyclic amines) is 1. The fourth-order valence-corrected chi connectivity index (χ4v) is 5.04. The normalized spacial score (nSPS) is 23.2. The minimum atomic E-state index is -0.466. The highest BCUT2D eigenvalue weighted by molar-refractivity contribution is 5.97. The Kier molecular flexibility index (Phi) is 6.29. The molecule has 2 atom stereocenters. The van der Waals surface area contributed by atoms with Crippen LogP contribution in [0.15, 0.2) is 18.2 Å². The lowest BCUT2D eigenvalue weighted by molar-refractivity contribution is -0.131. The number of benzene rings is 1. The maximum Gasteiger partial charge on any atom is 0.253 e. The van der Waals surface area contributed by atoms with Crippen LogP contribution in [0.25, 0.3) is 11.0 Å². The van der Waals surface area contributed by atoms with Crippen LogP contribution < -0.4 is 0 Å². The molecule has 8 heteroatoms. The molecule has 0 bridgehead atoms. The van der Waals surface area contributed by atoms with E-state index in [1.54, 1.807) is 6.92 Å². The van der Waals surface area contributed by atoms with Gasteiger partial charge in [-0.3, -0.25) is 14.5 Å². The van der Waals surface area contributed by atoms with E-state index < -0.39 is 6.10 Å². The van der Waals surface area contributed by atoms with Gasteiger partial charge < -0.3 is 19.5 Å². The van der Waals surface area contributed by atoms with E-state index in [-0.39, 0.29) is 17.9 Å². The Balaban J connectivity index is 1.44. The lowest BCUT2D eigenvalue weighted by atomic mass is 10.0. The fraction of sp³-hybridized carbons (Fsp3) is 0.609. The summed E-state index contributed by atoms with van der Waals surface area (Å²) in [4.78, 5) is 35.4. The predicted molar refractivity (Wildman–Crippen MR) is 119 cm³/mol. The van der Waals surface area contributed by atoms with Gasteiger partial charge in [-0.2, -0.15) is 0 Å². The molecule has 8 nitrogen and oxygen atoms in total. The summed E-state index contributed by atoms with van der Waals surface area (Å²) in [6.45, 7) is 10.6. The summed E-state index contributed by atoms with van der Waals surface area (Å²) in [6, 6.07) is 5.78. The van der Waals surface area contributed by atoms with Crippen molar-refractivity contribution in [3.05, 3.63) is 29.6 Å². The minimum Gasteiger partial charge on any atom is -0.391 e. The summed E-state index contributed by atoms with van der Waals surface area (Å²) in [5, 5.41) is 10.8. The number of nitrogens with zero attached hydrogens (tertiary/aromatic N) is 5. The van der Waals surface area contributed by atoms with Crippen molar-refractivity contribution in [1.82, 2.24) is 24.3 Å². The number of amides is 2. The Bertz CT molecular complexity index is 964. The number of rotatable bonds is 3. The maximum atomic E-state index is 13.2. The van der Waals surface area contributed by atoms with Crippen molar-refractivity contribution in [3.8, 4) is 0 Å². The number of hydrogen-bond donors (Lipinski definition) is 1. The molecule has 31 heavy (non-hydrogen) atoms. The largest absolute Gasteiger partial charge is 0.391 e. The highest BCUT2D eigenvalue weighted by Gasteiger charge is 2.33.